The van der Waals surface area contributed by atoms with Gasteiger partial charge < -0.3 is 0 Å². The van der Waals surface area contributed by atoms with Crippen molar-refractivity contribution >= 4 is 17.6 Å². The standard InChI is InChI=1S/C20H22N2O2/c1-14-4-7-17(8-5-14)13-22-19(23)10-11-21(20(22)24)18-9-6-15(2)12-16(18)3/h4-9,12H,10-11,13H2,1-3H3. The highest BCUT2D eigenvalue weighted by Gasteiger charge is 2.33. The molecule has 124 valence electrons. The number of anilines is 1. The summed E-state index contributed by atoms with van der Waals surface area (Å²) >= 11 is 0. The van der Waals surface area contributed by atoms with Gasteiger partial charge in [-0.1, -0.05) is 47.5 Å². The minimum Gasteiger partial charge on any atom is -0.293 e. The summed E-state index contributed by atoms with van der Waals surface area (Å²) in [5, 5.41) is 0. The highest BCUT2D eigenvalue weighted by atomic mass is 16.2. The van der Waals surface area contributed by atoms with Gasteiger partial charge in [0.25, 0.3) is 0 Å². The molecule has 0 aliphatic carbocycles. The fourth-order valence-corrected chi connectivity index (χ4v) is 3.05. The van der Waals surface area contributed by atoms with Gasteiger partial charge in [-0.25, -0.2) is 4.79 Å². The molecule has 0 saturated carbocycles. The Labute approximate surface area is 142 Å². The second kappa shape index (κ2) is 6.48. The van der Waals surface area contributed by atoms with Crippen LogP contribution in [0.15, 0.2) is 42.5 Å². The summed E-state index contributed by atoms with van der Waals surface area (Å²) in [6, 6.07) is 13.7. The number of rotatable bonds is 3. The van der Waals surface area contributed by atoms with Crippen LogP contribution in [0.5, 0.6) is 0 Å². The number of benzene rings is 2. The Morgan fingerprint density at radius 1 is 0.917 bits per heavy atom. The fraction of sp³-hybridized carbons (Fsp3) is 0.300. The Morgan fingerprint density at radius 3 is 2.25 bits per heavy atom. The topological polar surface area (TPSA) is 40.6 Å². The van der Waals surface area contributed by atoms with Crippen molar-refractivity contribution in [3.05, 3.63) is 64.7 Å². The molecule has 1 aliphatic rings. The molecule has 0 N–H and O–H groups in total. The zero-order valence-corrected chi connectivity index (χ0v) is 14.4. The summed E-state index contributed by atoms with van der Waals surface area (Å²) in [7, 11) is 0. The van der Waals surface area contributed by atoms with Crippen LogP contribution < -0.4 is 4.90 Å². The number of carbonyl (C=O) groups is 2. The third-order valence-electron chi connectivity index (χ3n) is 4.42. The van der Waals surface area contributed by atoms with E-state index in [1.54, 1.807) is 4.90 Å². The third kappa shape index (κ3) is 3.18. The molecule has 0 spiro atoms. The average Bonchev–Trinajstić information content (AvgIpc) is 2.54. The Bertz CT molecular complexity index is 781. The van der Waals surface area contributed by atoms with Crippen LogP contribution in [0.1, 0.15) is 28.7 Å². The molecular weight excluding hydrogens is 300 g/mol. The highest BCUT2D eigenvalue weighted by Crippen LogP contribution is 2.26. The van der Waals surface area contributed by atoms with Crippen molar-refractivity contribution in [1.82, 2.24) is 4.90 Å². The van der Waals surface area contributed by atoms with E-state index in [2.05, 4.69) is 6.07 Å². The first-order valence-corrected chi connectivity index (χ1v) is 8.20. The number of amides is 3. The highest BCUT2D eigenvalue weighted by molar-refractivity contribution is 6.05. The van der Waals surface area contributed by atoms with Gasteiger partial charge in [-0.3, -0.25) is 14.6 Å². The van der Waals surface area contributed by atoms with Crippen LogP contribution in [-0.2, 0) is 11.3 Å². The van der Waals surface area contributed by atoms with E-state index in [4.69, 9.17) is 0 Å². The maximum absolute atomic E-state index is 12.9. The SMILES string of the molecule is Cc1ccc(CN2C(=O)CCN(c3ccc(C)cc3C)C2=O)cc1. The number of imide groups is 1. The molecule has 3 rings (SSSR count). The number of carbonyl (C=O) groups excluding carboxylic acids is 2. The molecule has 4 heteroatoms. The number of aryl methyl sites for hydroxylation is 3. The van der Waals surface area contributed by atoms with Crippen LogP contribution in [0.25, 0.3) is 0 Å². The van der Waals surface area contributed by atoms with E-state index in [9.17, 15) is 9.59 Å². The molecule has 0 bridgehead atoms. The zero-order chi connectivity index (χ0) is 17.3. The molecule has 0 aromatic heterocycles. The minimum absolute atomic E-state index is 0.110. The van der Waals surface area contributed by atoms with Crippen molar-refractivity contribution in [3.8, 4) is 0 Å². The summed E-state index contributed by atoms with van der Waals surface area (Å²) in [6.45, 7) is 6.80. The van der Waals surface area contributed by atoms with E-state index in [0.29, 0.717) is 19.5 Å². The molecule has 4 nitrogen and oxygen atoms in total. The smallest absolute Gasteiger partial charge is 0.293 e. The van der Waals surface area contributed by atoms with Crippen LogP contribution in [-0.4, -0.2) is 23.4 Å². The first kappa shape index (κ1) is 16.2. The summed E-state index contributed by atoms with van der Waals surface area (Å²) in [5.74, 6) is -0.110. The van der Waals surface area contributed by atoms with Gasteiger partial charge in [-0.05, 0) is 38.0 Å². The summed E-state index contributed by atoms with van der Waals surface area (Å²) in [5.41, 5.74) is 5.21. The van der Waals surface area contributed by atoms with Gasteiger partial charge in [-0.15, -0.1) is 0 Å². The predicted molar refractivity (Wildman–Crippen MR) is 95.0 cm³/mol. The van der Waals surface area contributed by atoms with Crippen molar-refractivity contribution in [3.63, 3.8) is 0 Å². The summed E-state index contributed by atoms with van der Waals surface area (Å²) in [6.07, 6.45) is 0.352. The van der Waals surface area contributed by atoms with Crippen molar-refractivity contribution in [1.29, 1.82) is 0 Å². The van der Waals surface area contributed by atoms with Gasteiger partial charge in [0, 0.05) is 18.7 Å². The van der Waals surface area contributed by atoms with Gasteiger partial charge in [-0.2, -0.15) is 0 Å². The van der Waals surface area contributed by atoms with E-state index in [-0.39, 0.29) is 11.9 Å². The van der Waals surface area contributed by atoms with Crippen LogP contribution in [0, 0.1) is 20.8 Å². The molecule has 3 amide bonds. The molecule has 1 fully saturated rings. The molecule has 0 atom stereocenters. The quantitative estimate of drug-likeness (QED) is 0.858. The van der Waals surface area contributed by atoms with E-state index >= 15 is 0 Å². The Morgan fingerprint density at radius 2 is 1.58 bits per heavy atom. The molecule has 24 heavy (non-hydrogen) atoms. The van der Waals surface area contributed by atoms with Crippen LogP contribution in [0.2, 0.25) is 0 Å². The third-order valence-corrected chi connectivity index (χ3v) is 4.42. The largest absolute Gasteiger partial charge is 0.331 e. The normalized spacial score (nSPS) is 15.1. The van der Waals surface area contributed by atoms with Crippen molar-refractivity contribution in [2.24, 2.45) is 0 Å². The van der Waals surface area contributed by atoms with Gasteiger partial charge in [0.2, 0.25) is 5.91 Å². The van der Waals surface area contributed by atoms with Gasteiger partial charge in [0.05, 0.1) is 6.54 Å². The lowest BCUT2D eigenvalue weighted by Gasteiger charge is -2.35. The Balaban J connectivity index is 1.85. The van der Waals surface area contributed by atoms with E-state index < -0.39 is 0 Å². The van der Waals surface area contributed by atoms with E-state index in [0.717, 1.165) is 27.9 Å². The van der Waals surface area contributed by atoms with Crippen LogP contribution >= 0.6 is 0 Å². The van der Waals surface area contributed by atoms with Crippen molar-refractivity contribution in [2.75, 3.05) is 11.4 Å². The summed E-state index contributed by atoms with van der Waals surface area (Å²) in [4.78, 5) is 28.2. The first-order valence-electron chi connectivity index (χ1n) is 8.20. The molecule has 1 aliphatic heterocycles. The predicted octanol–water partition coefficient (Wildman–Crippen LogP) is 3.97. The Hall–Kier alpha value is -2.62. The molecular formula is C20H22N2O2. The number of hydrogen-bond donors (Lipinski definition) is 0. The monoisotopic (exact) mass is 322 g/mol. The van der Waals surface area contributed by atoms with E-state index in [1.165, 1.54) is 4.90 Å². The second-order valence-electron chi connectivity index (χ2n) is 6.44. The number of urea groups is 1. The molecule has 0 unspecified atom stereocenters. The molecule has 2 aromatic rings. The van der Waals surface area contributed by atoms with Crippen molar-refractivity contribution in [2.45, 2.75) is 33.7 Å². The molecule has 1 saturated heterocycles. The summed E-state index contributed by atoms with van der Waals surface area (Å²) < 4.78 is 0. The maximum Gasteiger partial charge on any atom is 0.331 e. The van der Waals surface area contributed by atoms with Crippen LogP contribution in [0.3, 0.4) is 0 Å². The van der Waals surface area contributed by atoms with E-state index in [1.807, 2.05) is 57.2 Å². The zero-order valence-electron chi connectivity index (χ0n) is 14.4. The molecule has 0 radical (unpaired) electrons. The first-order chi connectivity index (χ1) is 11.5. The second-order valence-corrected chi connectivity index (χ2v) is 6.44. The average molecular weight is 322 g/mol. The Kier molecular flexibility index (Phi) is 4.38. The lowest BCUT2D eigenvalue weighted by molar-refractivity contribution is -0.129. The van der Waals surface area contributed by atoms with Crippen LogP contribution in [0.4, 0.5) is 10.5 Å². The number of nitrogens with zero attached hydrogens (tertiary/aromatic N) is 2. The van der Waals surface area contributed by atoms with Gasteiger partial charge in [0.15, 0.2) is 0 Å². The number of hydrogen-bond acceptors (Lipinski definition) is 2. The fourth-order valence-electron chi connectivity index (χ4n) is 3.05. The van der Waals surface area contributed by atoms with Crippen molar-refractivity contribution < 1.29 is 9.59 Å². The molecule has 1 heterocycles. The lowest BCUT2D eigenvalue weighted by atomic mass is 10.1. The van der Waals surface area contributed by atoms with Gasteiger partial charge >= 0.3 is 6.03 Å². The van der Waals surface area contributed by atoms with Gasteiger partial charge in [0.1, 0.15) is 0 Å². The lowest BCUT2D eigenvalue weighted by Crippen LogP contribution is -2.52. The molecule has 2 aromatic carbocycles. The minimum atomic E-state index is -0.237. The maximum atomic E-state index is 12.9.